The highest BCUT2D eigenvalue weighted by molar-refractivity contribution is 5.82. The molecular weight excluding hydrogens is 170 g/mol. The number of aliphatic hydroxyl groups is 1. The molecule has 4 heteroatoms. The molecule has 0 bridgehead atoms. The fraction of sp³-hybridized carbons (Fsp3) is 0.222. The average molecular weight is 181 g/mol. The number of benzene rings is 1. The van der Waals surface area contributed by atoms with Crippen LogP contribution in [0.5, 0.6) is 0 Å². The zero-order chi connectivity index (χ0) is 9.84. The van der Waals surface area contributed by atoms with E-state index < -0.39 is 6.09 Å². The Morgan fingerprint density at radius 1 is 1.54 bits per heavy atom. The minimum absolute atomic E-state index is 0.0286. The molecule has 4 nitrogen and oxygen atoms in total. The zero-order valence-corrected chi connectivity index (χ0v) is 7.24. The van der Waals surface area contributed by atoms with Crippen LogP contribution in [0.25, 0.3) is 0 Å². The zero-order valence-electron chi connectivity index (χ0n) is 7.24. The molecule has 0 spiro atoms. The fourth-order valence-corrected chi connectivity index (χ4v) is 1.07. The highest BCUT2D eigenvalue weighted by Gasteiger charge is 2.00. The molecule has 0 aliphatic carbocycles. The third kappa shape index (κ3) is 2.45. The maximum absolute atomic E-state index is 10.3. The smallest absolute Gasteiger partial charge is 0.409 e. The van der Waals surface area contributed by atoms with Crippen LogP contribution in [0.2, 0.25) is 0 Å². The molecule has 0 heterocycles. The van der Waals surface area contributed by atoms with Gasteiger partial charge in [-0.2, -0.15) is 0 Å². The Morgan fingerprint density at radius 3 is 2.69 bits per heavy atom. The van der Waals surface area contributed by atoms with Crippen LogP contribution in [0, 0.1) is 6.92 Å². The summed E-state index contributed by atoms with van der Waals surface area (Å²) in [5.74, 6) is 0. The maximum Gasteiger partial charge on any atom is 0.409 e. The van der Waals surface area contributed by atoms with Crippen LogP contribution in [-0.4, -0.2) is 16.3 Å². The number of carboxylic acid groups (broad SMARTS) is 1. The molecule has 0 fully saturated rings. The SMILES string of the molecule is Cc1cc(NC(=O)O)ccc1CO. The van der Waals surface area contributed by atoms with Crippen molar-refractivity contribution in [2.45, 2.75) is 13.5 Å². The number of rotatable bonds is 2. The second-order valence-electron chi connectivity index (χ2n) is 2.73. The van der Waals surface area contributed by atoms with Gasteiger partial charge in [0.05, 0.1) is 6.61 Å². The number of hydrogen-bond acceptors (Lipinski definition) is 2. The van der Waals surface area contributed by atoms with E-state index in [9.17, 15) is 4.79 Å². The third-order valence-electron chi connectivity index (χ3n) is 1.76. The van der Waals surface area contributed by atoms with Gasteiger partial charge in [-0.05, 0) is 30.2 Å². The van der Waals surface area contributed by atoms with Gasteiger partial charge >= 0.3 is 6.09 Å². The molecule has 0 radical (unpaired) electrons. The van der Waals surface area contributed by atoms with Crippen molar-refractivity contribution in [1.82, 2.24) is 0 Å². The van der Waals surface area contributed by atoms with Gasteiger partial charge in [0, 0.05) is 5.69 Å². The standard InChI is InChI=1S/C9H11NO3/c1-6-4-8(10-9(12)13)3-2-7(6)5-11/h2-4,10-11H,5H2,1H3,(H,12,13). The molecule has 0 aliphatic rings. The Labute approximate surface area is 75.8 Å². The summed E-state index contributed by atoms with van der Waals surface area (Å²) in [6.07, 6.45) is -1.09. The van der Waals surface area contributed by atoms with Crippen LogP contribution in [0.3, 0.4) is 0 Å². The van der Waals surface area contributed by atoms with Crippen molar-refractivity contribution in [1.29, 1.82) is 0 Å². The van der Waals surface area contributed by atoms with Crippen LogP contribution >= 0.6 is 0 Å². The first-order chi connectivity index (χ1) is 6.13. The van der Waals surface area contributed by atoms with Gasteiger partial charge in [-0.3, -0.25) is 5.32 Å². The van der Waals surface area contributed by atoms with Gasteiger partial charge in [0.15, 0.2) is 0 Å². The van der Waals surface area contributed by atoms with Gasteiger partial charge in [-0.15, -0.1) is 0 Å². The summed E-state index contributed by atoms with van der Waals surface area (Å²) in [7, 11) is 0. The van der Waals surface area contributed by atoms with E-state index in [-0.39, 0.29) is 6.61 Å². The van der Waals surface area contributed by atoms with E-state index in [4.69, 9.17) is 10.2 Å². The molecule has 13 heavy (non-hydrogen) atoms. The second-order valence-corrected chi connectivity index (χ2v) is 2.73. The minimum atomic E-state index is -1.09. The Bertz CT molecular complexity index is 323. The quantitative estimate of drug-likeness (QED) is 0.648. The predicted molar refractivity (Wildman–Crippen MR) is 48.7 cm³/mol. The van der Waals surface area contributed by atoms with Crippen molar-refractivity contribution < 1.29 is 15.0 Å². The molecule has 0 saturated heterocycles. The molecule has 0 aliphatic heterocycles. The van der Waals surface area contributed by atoms with E-state index in [1.807, 2.05) is 6.92 Å². The summed E-state index contributed by atoms with van der Waals surface area (Å²) >= 11 is 0. The van der Waals surface area contributed by atoms with E-state index in [1.165, 1.54) is 0 Å². The van der Waals surface area contributed by atoms with Crippen LogP contribution in [0.15, 0.2) is 18.2 Å². The summed E-state index contributed by atoms with van der Waals surface area (Å²) in [5.41, 5.74) is 2.19. The first-order valence-electron chi connectivity index (χ1n) is 3.84. The van der Waals surface area contributed by atoms with Gasteiger partial charge in [0.2, 0.25) is 0 Å². The van der Waals surface area contributed by atoms with Crippen molar-refractivity contribution in [3.8, 4) is 0 Å². The molecule has 0 atom stereocenters. The van der Waals surface area contributed by atoms with E-state index in [0.717, 1.165) is 11.1 Å². The van der Waals surface area contributed by atoms with Gasteiger partial charge in [-0.25, -0.2) is 4.79 Å². The van der Waals surface area contributed by atoms with Crippen molar-refractivity contribution in [3.05, 3.63) is 29.3 Å². The Hall–Kier alpha value is -1.55. The number of hydrogen-bond donors (Lipinski definition) is 3. The minimum Gasteiger partial charge on any atom is -0.465 e. The van der Waals surface area contributed by atoms with E-state index in [2.05, 4.69) is 5.32 Å². The molecule has 0 aromatic heterocycles. The van der Waals surface area contributed by atoms with Crippen LogP contribution in [-0.2, 0) is 6.61 Å². The summed E-state index contributed by atoms with van der Waals surface area (Å²) in [6.45, 7) is 1.79. The molecule has 1 rings (SSSR count). The lowest BCUT2D eigenvalue weighted by Gasteiger charge is -2.05. The number of carbonyl (C=O) groups is 1. The lowest BCUT2D eigenvalue weighted by Crippen LogP contribution is -2.07. The summed E-state index contributed by atoms with van der Waals surface area (Å²) in [6, 6.07) is 4.99. The summed E-state index contributed by atoms with van der Waals surface area (Å²) in [4.78, 5) is 10.3. The summed E-state index contributed by atoms with van der Waals surface area (Å²) < 4.78 is 0. The molecule has 0 saturated carbocycles. The predicted octanol–water partition coefficient (Wildman–Crippen LogP) is 1.58. The lowest BCUT2D eigenvalue weighted by atomic mass is 10.1. The van der Waals surface area contributed by atoms with E-state index >= 15 is 0 Å². The third-order valence-corrected chi connectivity index (χ3v) is 1.76. The number of amides is 1. The Kier molecular flexibility index (Phi) is 2.87. The van der Waals surface area contributed by atoms with Crippen LogP contribution in [0.4, 0.5) is 10.5 Å². The monoisotopic (exact) mass is 181 g/mol. The molecule has 70 valence electrons. The molecule has 1 amide bonds. The highest BCUT2D eigenvalue weighted by Crippen LogP contribution is 2.14. The van der Waals surface area contributed by atoms with Crippen molar-refractivity contribution in [2.24, 2.45) is 0 Å². The largest absolute Gasteiger partial charge is 0.465 e. The number of aliphatic hydroxyl groups excluding tert-OH is 1. The van der Waals surface area contributed by atoms with Gasteiger partial charge < -0.3 is 10.2 Å². The number of anilines is 1. The van der Waals surface area contributed by atoms with Gasteiger partial charge in [0.1, 0.15) is 0 Å². The van der Waals surface area contributed by atoms with Crippen LogP contribution < -0.4 is 5.32 Å². The first kappa shape index (κ1) is 9.54. The molecule has 0 unspecified atom stereocenters. The van der Waals surface area contributed by atoms with Crippen LogP contribution in [0.1, 0.15) is 11.1 Å². The number of aryl methyl sites for hydroxylation is 1. The Morgan fingerprint density at radius 2 is 2.23 bits per heavy atom. The first-order valence-corrected chi connectivity index (χ1v) is 3.84. The molecule has 1 aromatic rings. The second kappa shape index (κ2) is 3.91. The van der Waals surface area contributed by atoms with Crippen molar-refractivity contribution in [2.75, 3.05) is 5.32 Å². The molecule has 3 N–H and O–H groups in total. The normalized spacial score (nSPS) is 9.69. The maximum atomic E-state index is 10.3. The van der Waals surface area contributed by atoms with Crippen molar-refractivity contribution >= 4 is 11.8 Å². The fourth-order valence-electron chi connectivity index (χ4n) is 1.07. The van der Waals surface area contributed by atoms with Crippen molar-refractivity contribution in [3.63, 3.8) is 0 Å². The molecule has 1 aromatic carbocycles. The van der Waals surface area contributed by atoms with E-state index in [1.54, 1.807) is 18.2 Å². The Balaban J connectivity index is 2.89. The topological polar surface area (TPSA) is 69.6 Å². The van der Waals surface area contributed by atoms with Gasteiger partial charge in [-0.1, -0.05) is 6.07 Å². The molecular formula is C9H11NO3. The number of nitrogens with one attached hydrogen (secondary N) is 1. The highest BCUT2D eigenvalue weighted by atomic mass is 16.4. The summed E-state index contributed by atoms with van der Waals surface area (Å²) in [5, 5.41) is 19.5. The van der Waals surface area contributed by atoms with E-state index in [0.29, 0.717) is 5.69 Å². The average Bonchev–Trinajstić information content (AvgIpc) is 2.03. The lowest BCUT2D eigenvalue weighted by molar-refractivity contribution is 0.210. The van der Waals surface area contributed by atoms with Gasteiger partial charge in [0.25, 0.3) is 0 Å².